The standard InChI is InChI=1S/C9H7F3O3.C8H5F3O3/c1-15-8(14)5-3-2-4-6(7(5)13)9(10,11)12;9-8(10,11)5-3-1-2-4(6(5)12)7(13)14/h2-4,13H,1H3;1-3,12H,(H,13,14). The zero-order valence-corrected chi connectivity index (χ0v) is 14.3. The van der Waals surface area contributed by atoms with Gasteiger partial charge in [-0.3, -0.25) is 0 Å². The van der Waals surface area contributed by atoms with Crippen molar-refractivity contribution in [1.82, 2.24) is 0 Å². The normalized spacial score (nSPS) is 11.3. The summed E-state index contributed by atoms with van der Waals surface area (Å²) in [5, 5.41) is 26.6. The number of alkyl halides is 6. The number of hydrogen-bond acceptors (Lipinski definition) is 5. The minimum absolute atomic E-state index is 0.507. The first-order chi connectivity index (χ1) is 13.2. The Bertz CT molecular complexity index is 904. The van der Waals surface area contributed by atoms with Crippen LogP contribution in [0.1, 0.15) is 31.8 Å². The van der Waals surface area contributed by atoms with Crippen LogP contribution in [0.25, 0.3) is 0 Å². The van der Waals surface area contributed by atoms with Gasteiger partial charge in [0, 0.05) is 0 Å². The molecular weight excluding hydrogens is 414 g/mol. The average Bonchev–Trinajstić information content (AvgIpc) is 2.59. The Balaban J connectivity index is 0.000000291. The zero-order chi connectivity index (χ0) is 22.6. The number of carboxylic acids is 1. The molecule has 0 spiro atoms. The Hall–Kier alpha value is -3.44. The number of aromatic hydroxyl groups is 2. The van der Waals surface area contributed by atoms with Crippen LogP contribution in [0.4, 0.5) is 26.3 Å². The second-order valence-corrected chi connectivity index (χ2v) is 5.20. The van der Waals surface area contributed by atoms with Crippen LogP contribution >= 0.6 is 0 Å². The predicted octanol–water partition coefficient (Wildman–Crippen LogP) is 4.31. The van der Waals surface area contributed by atoms with Crippen LogP contribution in [-0.4, -0.2) is 34.4 Å². The Morgan fingerprint density at radius 2 is 1.17 bits per heavy atom. The predicted molar refractivity (Wildman–Crippen MR) is 84.5 cm³/mol. The number of halogens is 6. The molecular formula is C17H12F6O6. The number of phenols is 2. The number of methoxy groups -OCH3 is 1. The van der Waals surface area contributed by atoms with E-state index in [2.05, 4.69) is 4.74 Å². The molecule has 0 bridgehead atoms. The van der Waals surface area contributed by atoms with Gasteiger partial charge in [-0.05, 0) is 24.3 Å². The van der Waals surface area contributed by atoms with Gasteiger partial charge in [-0.25, -0.2) is 9.59 Å². The van der Waals surface area contributed by atoms with Gasteiger partial charge in [-0.2, -0.15) is 26.3 Å². The molecule has 2 rings (SSSR count). The molecule has 2 aromatic rings. The largest absolute Gasteiger partial charge is 0.506 e. The van der Waals surface area contributed by atoms with E-state index in [4.69, 9.17) is 10.2 Å². The van der Waals surface area contributed by atoms with Crippen molar-refractivity contribution in [2.75, 3.05) is 7.11 Å². The van der Waals surface area contributed by atoms with Crippen molar-refractivity contribution in [3.05, 3.63) is 58.7 Å². The third kappa shape index (κ3) is 5.77. The molecule has 0 saturated heterocycles. The first-order valence-corrected chi connectivity index (χ1v) is 7.31. The molecule has 0 amide bonds. The molecule has 0 aliphatic heterocycles. The maximum absolute atomic E-state index is 12.3. The van der Waals surface area contributed by atoms with E-state index in [1.54, 1.807) is 0 Å². The highest BCUT2D eigenvalue weighted by Gasteiger charge is 2.36. The second-order valence-electron chi connectivity index (χ2n) is 5.20. The van der Waals surface area contributed by atoms with Crippen LogP contribution in [0, 0.1) is 0 Å². The maximum Gasteiger partial charge on any atom is 0.419 e. The highest BCUT2D eigenvalue weighted by Crippen LogP contribution is 2.38. The summed E-state index contributed by atoms with van der Waals surface area (Å²) in [7, 11) is 1.02. The topological polar surface area (TPSA) is 104 Å². The minimum atomic E-state index is -4.75. The number of phenolic OH excluding ortho intramolecular Hbond substituents is 1. The van der Waals surface area contributed by atoms with Crippen LogP contribution < -0.4 is 0 Å². The first kappa shape index (κ1) is 23.6. The monoisotopic (exact) mass is 426 g/mol. The van der Waals surface area contributed by atoms with Crippen LogP contribution in [0.15, 0.2) is 36.4 Å². The third-order valence-electron chi connectivity index (χ3n) is 3.32. The molecule has 0 radical (unpaired) electrons. The Labute approximate surface area is 158 Å². The number of para-hydroxylation sites is 2. The molecule has 0 atom stereocenters. The van der Waals surface area contributed by atoms with Gasteiger partial charge in [-0.15, -0.1) is 0 Å². The van der Waals surface area contributed by atoms with Crippen molar-refractivity contribution >= 4 is 11.9 Å². The molecule has 2 aromatic carbocycles. The molecule has 0 unspecified atom stereocenters. The average molecular weight is 426 g/mol. The van der Waals surface area contributed by atoms with E-state index in [0.717, 1.165) is 31.4 Å². The van der Waals surface area contributed by atoms with E-state index in [-0.39, 0.29) is 0 Å². The summed E-state index contributed by atoms with van der Waals surface area (Å²) in [6.45, 7) is 0. The summed E-state index contributed by atoms with van der Waals surface area (Å²) in [4.78, 5) is 21.3. The summed E-state index contributed by atoms with van der Waals surface area (Å²) in [6, 6.07) is 5.19. The molecule has 0 aromatic heterocycles. The molecule has 6 nitrogen and oxygen atoms in total. The summed E-state index contributed by atoms with van der Waals surface area (Å²) < 4.78 is 77.5. The lowest BCUT2D eigenvalue weighted by atomic mass is 10.1. The van der Waals surface area contributed by atoms with Crippen LogP contribution in [0.5, 0.6) is 11.5 Å². The molecule has 3 N–H and O–H groups in total. The van der Waals surface area contributed by atoms with Gasteiger partial charge >= 0.3 is 24.3 Å². The molecule has 0 aliphatic carbocycles. The fraction of sp³-hybridized carbons (Fsp3) is 0.176. The smallest absolute Gasteiger partial charge is 0.419 e. The van der Waals surface area contributed by atoms with Gasteiger partial charge in [0.1, 0.15) is 22.6 Å². The van der Waals surface area contributed by atoms with Crippen LogP contribution in [0.3, 0.4) is 0 Å². The van der Waals surface area contributed by atoms with Gasteiger partial charge in [0.2, 0.25) is 0 Å². The SMILES string of the molecule is COC(=O)c1cccc(C(F)(F)F)c1O.O=C(O)c1cccc(C(F)(F)F)c1O. The summed E-state index contributed by atoms with van der Waals surface area (Å²) >= 11 is 0. The number of hydrogen-bond donors (Lipinski definition) is 3. The van der Waals surface area contributed by atoms with E-state index in [9.17, 15) is 41.0 Å². The van der Waals surface area contributed by atoms with Crippen molar-refractivity contribution in [3.63, 3.8) is 0 Å². The highest BCUT2D eigenvalue weighted by molar-refractivity contribution is 5.93. The van der Waals surface area contributed by atoms with Gasteiger partial charge < -0.3 is 20.1 Å². The summed E-state index contributed by atoms with van der Waals surface area (Å²) in [5.41, 5.74) is -3.88. The van der Waals surface area contributed by atoms with E-state index in [1.807, 2.05) is 0 Å². The quantitative estimate of drug-likeness (QED) is 0.489. The van der Waals surface area contributed by atoms with Gasteiger partial charge in [-0.1, -0.05) is 12.1 Å². The lowest BCUT2D eigenvalue weighted by Crippen LogP contribution is -2.09. The van der Waals surface area contributed by atoms with Crippen molar-refractivity contribution in [1.29, 1.82) is 0 Å². The van der Waals surface area contributed by atoms with Crippen LogP contribution in [-0.2, 0) is 17.1 Å². The van der Waals surface area contributed by atoms with Gasteiger partial charge in [0.15, 0.2) is 0 Å². The number of benzene rings is 2. The number of carbonyl (C=O) groups is 2. The molecule has 0 aliphatic rings. The van der Waals surface area contributed by atoms with E-state index in [0.29, 0.717) is 12.1 Å². The van der Waals surface area contributed by atoms with Crippen molar-refractivity contribution in [2.45, 2.75) is 12.4 Å². The van der Waals surface area contributed by atoms with Crippen molar-refractivity contribution in [3.8, 4) is 11.5 Å². The number of carbonyl (C=O) groups excluding carboxylic acids is 1. The first-order valence-electron chi connectivity index (χ1n) is 7.31. The lowest BCUT2D eigenvalue weighted by molar-refractivity contribution is -0.139. The molecule has 158 valence electrons. The van der Waals surface area contributed by atoms with E-state index in [1.165, 1.54) is 0 Å². The molecule has 0 saturated carbocycles. The maximum atomic E-state index is 12.3. The number of carboxylic acid groups (broad SMARTS) is 1. The lowest BCUT2D eigenvalue weighted by Gasteiger charge is -2.10. The van der Waals surface area contributed by atoms with E-state index < -0.39 is 58.0 Å². The van der Waals surface area contributed by atoms with Crippen molar-refractivity contribution < 1.29 is 56.0 Å². The molecule has 12 heteroatoms. The fourth-order valence-corrected chi connectivity index (χ4v) is 1.99. The number of aromatic carboxylic acids is 1. The molecule has 0 heterocycles. The number of esters is 1. The number of ether oxygens (including phenoxy) is 1. The number of rotatable bonds is 2. The van der Waals surface area contributed by atoms with Crippen LogP contribution in [0.2, 0.25) is 0 Å². The highest BCUT2D eigenvalue weighted by atomic mass is 19.4. The zero-order valence-electron chi connectivity index (χ0n) is 14.3. The minimum Gasteiger partial charge on any atom is -0.506 e. The van der Waals surface area contributed by atoms with Gasteiger partial charge in [0.25, 0.3) is 0 Å². The van der Waals surface area contributed by atoms with Crippen molar-refractivity contribution in [2.24, 2.45) is 0 Å². The second kappa shape index (κ2) is 8.71. The third-order valence-corrected chi connectivity index (χ3v) is 3.32. The Kier molecular flexibility index (Phi) is 7.09. The molecule has 29 heavy (non-hydrogen) atoms. The van der Waals surface area contributed by atoms with Gasteiger partial charge in [0.05, 0.1) is 18.2 Å². The molecule has 0 fully saturated rings. The fourth-order valence-electron chi connectivity index (χ4n) is 1.99. The summed E-state index contributed by atoms with van der Waals surface area (Å²) in [6.07, 6.45) is -9.45. The Morgan fingerprint density at radius 1 is 0.793 bits per heavy atom. The Morgan fingerprint density at radius 3 is 1.52 bits per heavy atom. The summed E-state index contributed by atoms with van der Waals surface area (Å²) in [5.74, 6) is -4.99. The van der Waals surface area contributed by atoms with E-state index >= 15 is 0 Å².